The van der Waals surface area contributed by atoms with Crippen molar-refractivity contribution in [1.29, 1.82) is 0 Å². The van der Waals surface area contributed by atoms with Gasteiger partial charge in [0, 0.05) is 38.3 Å². The minimum absolute atomic E-state index is 0.00790. The average molecular weight is 348 g/mol. The highest BCUT2D eigenvalue weighted by Crippen LogP contribution is 2.32. The number of nitrogens with zero attached hydrogens (tertiary/aromatic N) is 1. The topological polar surface area (TPSA) is 84.0 Å². The van der Waals surface area contributed by atoms with Crippen LogP contribution in [0.25, 0.3) is 0 Å². The Morgan fingerprint density at radius 1 is 1.20 bits per heavy atom. The Morgan fingerprint density at radius 2 is 1.92 bits per heavy atom. The molecule has 25 heavy (non-hydrogen) atoms. The van der Waals surface area contributed by atoms with Gasteiger partial charge in [-0.3, -0.25) is 9.79 Å². The van der Waals surface area contributed by atoms with Crippen LogP contribution in [0.15, 0.2) is 23.2 Å². The minimum atomic E-state index is -0.543. The third-order valence-electron chi connectivity index (χ3n) is 3.88. The fourth-order valence-corrected chi connectivity index (χ4v) is 2.34. The predicted octanol–water partition coefficient (Wildman–Crippen LogP) is 2.00. The van der Waals surface area contributed by atoms with Gasteiger partial charge in [-0.2, -0.15) is 0 Å². The first-order valence-corrected chi connectivity index (χ1v) is 8.62. The normalized spacial score (nSPS) is 14.5. The van der Waals surface area contributed by atoms with Crippen LogP contribution in [0.3, 0.4) is 0 Å². The summed E-state index contributed by atoms with van der Waals surface area (Å²) in [6.07, 6.45) is 0.871. The summed E-state index contributed by atoms with van der Waals surface area (Å²) in [4.78, 5) is 16.3. The van der Waals surface area contributed by atoms with Gasteiger partial charge in [0.05, 0.1) is 18.6 Å². The summed E-state index contributed by atoms with van der Waals surface area (Å²) in [5.74, 6) is 2.07. The summed E-state index contributed by atoms with van der Waals surface area (Å²) < 4.78 is 11.3. The Kier molecular flexibility index (Phi) is 6.50. The molecular weight excluding hydrogens is 320 g/mol. The molecule has 0 spiro atoms. The predicted molar refractivity (Wildman–Crippen MR) is 99.5 cm³/mol. The molecular formula is C18H28N4O3. The van der Waals surface area contributed by atoms with Crippen LogP contribution in [-0.2, 0) is 4.79 Å². The van der Waals surface area contributed by atoms with Crippen LogP contribution in [0.5, 0.6) is 11.5 Å². The summed E-state index contributed by atoms with van der Waals surface area (Å²) in [5.41, 5.74) is 0.298. The van der Waals surface area contributed by atoms with Crippen molar-refractivity contribution >= 4 is 17.6 Å². The van der Waals surface area contributed by atoms with Gasteiger partial charge in [0.2, 0.25) is 5.91 Å². The van der Waals surface area contributed by atoms with Gasteiger partial charge in [-0.05, 0) is 32.9 Å². The SMILES string of the molecule is CCNC(=O)C(C)(C)CNC(=NC)Nc1ccc2c(c1)OCCCO2. The van der Waals surface area contributed by atoms with Crippen LogP contribution in [-0.4, -0.2) is 45.2 Å². The van der Waals surface area contributed by atoms with E-state index >= 15 is 0 Å². The van der Waals surface area contributed by atoms with Gasteiger partial charge in [-0.25, -0.2) is 0 Å². The highest BCUT2D eigenvalue weighted by molar-refractivity contribution is 5.94. The second kappa shape index (κ2) is 8.60. The van der Waals surface area contributed by atoms with Crippen LogP contribution in [0, 0.1) is 5.41 Å². The van der Waals surface area contributed by atoms with Crippen molar-refractivity contribution in [2.45, 2.75) is 27.2 Å². The molecule has 7 heteroatoms. The number of amides is 1. The van der Waals surface area contributed by atoms with E-state index in [1.807, 2.05) is 39.0 Å². The lowest BCUT2D eigenvalue weighted by molar-refractivity contribution is -0.128. The molecule has 0 aromatic heterocycles. The van der Waals surface area contributed by atoms with Gasteiger partial charge in [0.15, 0.2) is 17.5 Å². The van der Waals surface area contributed by atoms with Gasteiger partial charge >= 0.3 is 0 Å². The Hall–Kier alpha value is -2.44. The highest BCUT2D eigenvalue weighted by atomic mass is 16.5. The molecule has 0 saturated carbocycles. The number of hydrogen-bond acceptors (Lipinski definition) is 4. The van der Waals surface area contributed by atoms with Gasteiger partial charge in [0.1, 0.15) is 0 Å². The lowest BCUT2D eigenvalue weighted by atomic mass is 9.92. The Labute approximate surface area is 149 Å². The summed E-state index contributed by atoms with van der Waals surface area (Å²) in [5, 5.41) is 9.26. The van der Waals surface area contributed by atoms with Crippen LogP contribution in [0.1, 0.15) is 27.2 Å². The Bertz CT molecular complexity index is 629. The van der Waals surface area contributed by atoms with Crippen LogP contribution >= 0.6 is 0 Å². The van der Waals surface area contributed by atoms with Crippen molar-refractivity contribution in [2.75, 3.05) is 38.7 Å². The third kappa shape index (κ3) is 5.27. The number of nitrogens with one attached hydrogen (secondary N) is 3. The number of fused-ring (bicyclic) bond motifs is 1. The fraction of sp³-hybridized carbons (Fsp3) is 0.556. The molecule has 138 valence electrons. The largest absolute Gasteiger partial charge is 0.490 e. The first-order valence-electron chi connectivity index (χ1n) is 8.62. The summed E-state index contributed by atoms with van der Waals surface area (Å²) in [6.45, 7) is 8.08. The van der Waals surface area contributed by atoms with E-state index < -0.39 is 5.41 Å². The number of aliphatic imine (C=N–C) groups is 1. The smallest absolute Gasteiger partial charge is 0.227 e. The lowest BCUT2D eigenvalue weighted by Gasteiger charge is -2.25. The van der Waals surface area contributed by atoms with Crippen molar-refractivity contribution in [1.82, 2.24) is 10.6 Å². The molecule has 2 rings (SSSR count). The molecule has 0 fully saturated rings. The van der Waals surface area contributed by atoms with Gasteiger partial charge in [0.25, 0.3) is 0 Å². The molecule has 0 aliphatic carbocycles. The van der Waals surface area contributed by atoms with Crippen molar-refractivity contribution in [3.63, 3.8) is 0 Å². The third-order valence-corrected chi connectivity index (χ3v) is 3.88. The number of carbonyl (C=O) groups is 1. The maximum absolute atomic E-state index is 12.1. The standard InChI is InChI=1S/C18H28N4O3/c1-5-20-16(23)18(2,3)12-21-17(19-4)22-13-7-8-14-15(11-13)25-10-6-9-24-14/h7-8,11H,5-6,9-10,12H2,1-4H3,(H,20,23)(H2,19,21,22). The van der Waals surface area contributed by atoms with E-state index in [1.54, 1.807) is 7.05 Å². The zero-order valence-corrected chi connectivity index (χ0v) is 15.4. The number of rotatable bonds is 5. The van der Waals surface area contributed by atoms with E-state index in [1.165, 1.54) is 0 Å². The van der Waals surface area contributed by atoms with Crippen molar-refractivity contribution < 1.29 is 14.3 Å². The van der Waals surface area contributed by atoms with Crippen molar-refractivity contribution in [3.05, 3.63) is 18.2 Å². The van der Waals surface area contributed by atoms with Crippen LogP contribution in [0.2, 0.25) is 0 Å². The molecule has 1 aromatic rings. The molecule has 1 amide bonds. The zero-order chi connectivity index (χ0) is 18.3. The second-order valence-electron chi connectivity index (χ2n) is 6.51. The number of benzene rings is 1. The van der Waals surface area contributed by atoms with Crippen molar-refractivity contribution in [3.8, 4) is 11.5 Å². The van der Waals surface area contributed by atoms with E-state index in [0.29, 0.717) is 32.3 Å². The molecule has 0 unspecified atom stereocenters. The van der Waals surface area contributed by atoms with Crippen LogP contribution < -0.4 is 25.4 Å². The molecule has 0 saturated heterocycles. The molecule has 0 bridgehead atoms. The summed E-state index contributed by atoms with van der Waals surface area (Å²) in [7, 11) is 1.69. The Balaban J connectivity index is 1.98. The van der Waals surface area contributed by atoms with Crippen LogP contribution in [0.4, 0.5) is 5.69 Å². The van der Waals surface area contributed by atoms with Gasteiger partial charge in [-0.15, -0.1) is 0 Å². The molecule has 1 aliphatic rings. The van der Waals surface area contributed by atoms with Gasteiger partial charge < -0.3 is 25.4 Å². The fourth-order valence-electron chi connectivity index (χ4n) is 2.34. The molecule has 3 N–H and O–H groups in total. The number of ether oxygens (including phenoxy) is 2. The second-order valence-corrected chi connectivity index (χ2v) is 6.51. The maximum Gasteiger partial charge on any atom is 0.227 e. The highest BCUT2D eigenvalue weighted by Gasteiger charge is 2.27. The summed E-state index contributed by atoms with van der Waals surface area (Å²) >= 11 is 0. The van der Waals surface area contributed by atoms with Gasteiger partial charge in [-0.1, -0.05) is 0 Å². The molecule has 1 heterocycles. The molecule has 0 radical (unpaired) electrons. The number of carbonyl (C=O) groups excluding carboxylic acids is 1. The first-order chi connectivity index (χ1) is 12.0. The molecule has 1 aliphatic heterocycles. The Morgan fingerprint density at radius 3 is 2.60 bits per heavy atom. The molecule has 7 nitrogen and oxygen atoms in total. The maximum atomic E-state index is 12.1. The summed E-state index contributed by atoms with van der Waals surface area (Å²) in [6, 6.07) is 5.69. The zero-order valence-electron chi connectivity index (χ0n) is 15.4. The van der Waals surface area contributed by atoms with E-state index in [0.717, 1.165) is 23.6 Å². The molecule has 1 aromatic carbocycles. The lowest BCUT2D eigenvalue weighted by Crippen LogP contribution is -2.46. The quantitative estimate of drug-likeness (QED) is 0.560. The van der Waals surface area contributed by atoms with E-state index in [-0.39, 0.29) is 5.91 Å². The minimum Gasteiger partial charge on any atom is -0.490 e. The number of hydrogen-bond donors (Lipinski definition) is 3. The van der Waals surface area contributed by atoms with Crippen molar-refractivity contribution in [2.24, 2.45) is 10.4 Å². The van der Waals surface area contributed by atoms with E-state index in [4.69, 9.17) is 9.47 Å². The van der Waals surface area contributed by atoms with E-state index in [9.17, 15) is 4.79 Å². The molecule has 0 atom stereocenters. The average Bonchev–Trinajstić information content (AvgIpc) is 2.83. The van der Waals surface area contributed by atoms with E-state index in [2.05, 4.69) is 20.9 Å². The number of guanidine groups is 1. The monoisotopic (exact) mass is 348 g/mol. The number of anilines is 1. The first kappa shape index (κ1) is 18.9.